The van der Waals surface area contributed by atoms with E-state index in [1.807, 2.05) is 0 Å². The molecule has 6 nitrogen and oxygen atoms in total. The third kappa shape index (κ3) is 8.73. The van der Waals surface area contributed by atoms with Crippen molar-refractivity contribution in [3.8, 4) is 0 Å². The molecule has 0 saturated heterocycles. The van der Waals surface area contributed by atoms with Crippen LogP contribution in [0.5, 0.6) is 0 Å². The Morgan fingerprint density at radius 1 is 1.18 bits per heavy atom. The van der Waals surface area contributed by atoms with E-state index in [0.717, 1.165) is 0 Å². The Kier molecular flexibility index (Phi) is 7.13. The van der Waals surface area contributed by atoms with Crippen molar-refractivity contribution in [1.29, 1.82) is 0 Å². The molecule has 0 amide bonds. The molecule has 6 N–H and O–H groups in total. The van der Waals surface area contributed by atoms with Crippen LogP contribution in [-0.4, -0.2) is 79.2 Å². The third-order valence-corrected chi connectivity index (χ3v) is 0.867. The topological polar surface area (TPSA) is 121 Å². The van der Waals surface area contributed by atoms with Gasteiger partial charge in [-0.15, -0.1) is 0 Å². The Bertz CT molecular complexity index is 105. The van der Waals surface area contributed by atoms with Gasteiger partial charge in [0.1, 0.15) is 6.10 Å². The fourth-order valence-corrected chi connectivity index (χ4v) is 0.226. The number of hydrogen-bond acceptors (Lipinski definition) is 6. The molecule has 1 aliphatic rings. The van der Waals surface area contributed by atoms with Crippen molar-refractivity contribution in [2.24, 2.45) is 0 Å². The van der Waals surface area contributed by atoms with Gasteiger partial charge in [-0.05, 0) is 0 Å². The molecule has 0 heterocycles. The summed E-state index contributed by atoms with van der Waals surface area (Å²) in [5.41, 5.74) is 0. The maximum absolute atomic E-state index is 8.21. The van der Waals surface area contributed by atoms with Crippen molar-refractivity contribution < 1.29 is 30.4 Å². The first-order valence-corrected chi connectivity index (χ1v) is 2.53. The van der Waals surface area contributed by atoms with Crippen molar-refractivity contribution >= 4 is 36.9 Å². The molecule has 62 valence electrons. The summed E-state index contributed by atoms with van der Waals surface area (Å²) in [6.07, 6.45) is -0.787. The molecule has 1 rings (SSSR count). The molecular weight excluding hydrogens is 166 g/mol. The van der Waals surface area contributed by atoms with Crippen LogP contribution >= 0.6 is 0 Å². The predicted octanol–water partition coefficient (Wildman–Crippen LogP) is -4.27. The number of hydrogen-bond donors (Lipinski definition) is 6. The monoisotopic (exact) mass is 176 g/mol. The van der Waals surface area contributed by atoms with Gasteiger partial charge in [0.25, 0.3) is 0 Å². The first kappa shape index (κ1) is 14.4. The number of aliphatic hydroxyl groups is 3. The first-order valence-electron chi connectivity index (χ1n) is 2.53. The summed E-state index contributed by atoms with van der Waals surface area (Å²) in [5, 5.41) is 46.1. The SMILES string of the molecule is OB(O)O.OC1CC1(O)O.[NaH]. The molecule has 1 unspecified atom stereocenters. The van der Waals surface area contributed by atoms with Crippen LogP contribution in [0.1, 0.15) is 6.42 Å². The first-order chi connectivity index (χ1) is 4.36. The van der Waals surface area contributed by atoms with E-state index in [1.54, 1.807) is 0 Å². The zero-order valence-electron chi connectivity index (χ0n) is 5.05. The van der Waals surface area contributed by atoms with Gasteiger partial charge in [-0.25, -0.2) is 0 Å². The Labute approximate surface area is 85.6 Å². The average molecular weight is 176 g/mol. The Morgan fingerprint density at radius 2 is 1.27 bits per heavy atom. The molecule has 1 fully saturated rings. The van der Waals surface area contributed by atoms with E-state index in [0.29, 0.717) is 0 Å². The van der Waals surface area contributed by atoms with Crippen LogP contribution in [0.3, 0.4) is 0 Å². The van der Waals surface area contributed by atoms with Gasteiger partial charge in [0.15, 0.2) is 5.79 Å². The van der Waals surface area contributed by atoms with Crippen LogP contribution in [0, 0.1) is 0 Å². The second-order valence-corrected chi connectivity index (χ2v) is 1.94. The quantitative estimate of drug-likeness (QED) is 0.164. The van der Waals surface area contributed by atoms with E-state index in [1.165, 1.54) is 0 Å². The fraction of sp³-hybridized carbons (Fsp3) is 1.00. The molecule has 0 aromatic rings. The number of aliphatic hydroxyl groups excluding tert-OH is 1. The van der Waals surface area contributed by atoms with Crippen molar-refractivity contribution in [1.82, 2.24) is 0 Å². The van der Waals surface area contributed by atoms with Gasteiger partial charge in [-0.1, -0.05) is 0 Å². The molecular formula is C3H10BNaO6. The standard InChI is InChI=1S/C3H6O3.BH3O3.Na.H/c4-2-1-3(2,5)6;2-1(3)4;;/h2,4-6H,1H2;2-4H;;. The zero-order chi connectivity index (χ0) is 8.36. The summed E-state index contributed by atoms with van der Waals surface area (Å²) in [5.74, 6) is -1.74. The molecule has 1 atom stereocenters. The maximum atomic E-state index is 8.21. The minimum atomic E-state index is -2.17. The molecule has 0 aliphatic heterocycles. The minimum absolute atomic E-state index is 0. The van der Waals surface area contributed by atoms with Crippen LogP contribution in [0.15, 0.2) is 0 Å². The average Bonchev–Trinajstić information content (AvgIpc) is 2.08. The summed E-state index contributed by atoms with van der Waals surface area (Å²) in [6, 6.07) is 0. The van der Waals surface area contributed by atoms with E-state index < -0.39 is 19.2 Å². The Morgan fingerprint density at radius 3 is 1.27 bits per heavy atom. The summed E-state index contributed by atoms with van der Waals surface area (Å²) < 4.78 is 0. The second kappa shape index (κ2) is 5.47. The Balaban J connectivity index is 0. The predicted molar refractivity (Wildman–Crippen MR) is 37.4 cm³/mol. The molecule has 0 radical (unpaired) electrons. The molecule has 0 aromatic heterocycles. The van der Waals surface area contributed by atoms with Crippen LogP contribution in [0.4, 0.5) is 0 Å². The van der Waals surface area contributed by atoms with Gasteiger partial charge in [0, 0.05) is 6.42 Å². The summed E-state index contributed by atoms with van der Waals surface area (Å²) >= 11 is 0. The van der Waals surface area contributed by atoms with Gasteiger partial charge < -0.3 is 30.4 Å². The zero-order valence-corrected chi connectivity index (χ0v) is 5.05. The van der Waals surface area contributed by atoms with E-state index >= 15 is 0 Å². The van der Waals surface area contributed by atoms with E-state index in [9.17, 15) is 0 Å². The van der Waals surface area contributed by atoms with Crippen LogP contribution < -0.4 is 0 Å². The van der Waals surface area contributed by atoms with Gasteiger partial charge in [0.05, 0.1) is 0 Å². The molecule has 11 heavy (non-hydrogen) atoms. The summed E-state index contributed by atoms with van der Waals surface area (Å²) in [4.78, 5) is 0. The molecule has 0 spiro atoms. The van der Waals surface area contributed by atoms with Crippen molar-refractivity contribution in [3.05, 3.63) is 0 Å². The van der Waals surface area contributed by atoms with Gasteiger partial charge in [-0.3, -0.25) is 0 Å². The third-order valence-electron chi connectivity index (χ3n) is 0.867. The van der Waals surface area contributed by atoms with Crippen LogP contribution in [0.25, 0.3) is 0 Å². The van der Waals surface area contributed by atoms with Gasteiger partial charge in [0.2, 0.25) is 0 Å². The van der Waals surface area contributed by atoms with Crippen LogP contribution in [-0.2, 0) is 0 Å². The van der Waals surface area contributed by atoms with Crippen molar-refractivity contribution in [2.45, 2.75) is 18.3 Å². The van der Waals surface area contributed by atoms with E-state index in [2.05, 4.69) is 0 Å². The molecule has 8 heteroatoms. The van der Waals surface area contributed by atoms with Crippen molar-refractivity contribution in [3.63, 3.8) is 0 Å². The summed E-state index contributed by atoms with van der Waals surface area (Å²) in [6.45, 7) is 0. The molecule has 1 aliphatic carbocycles. The molecule has 0 aromatic carbocycles. The van der Waals surface area contributed by atoms with E-state index in [4.69, 9.17) is 30.4 Å². The fourth-order valence-electron chi connectivity index (χ4n) is 0.226. The van der Waals surface area contributed by atoms with E-state index in [-0.39, 0.29) is 36.0 Å². The molecule has 0 bridgehead atoms. The Hall–Kier alpha value is 0.825. The number of rotatable bonds is 0. The van der Waals surface area contributed by atoms with Crippen LogP contribution in [0.2, 0.25) is 0 Å². The normalized spacial score (nSPS) is 24.0. The van der Waals surface area contributed by atoms with Gasteiger partial charge >= 0.3 is 36.9 Å². The van der Waals surface area contributed by atoms with Gasteiger partial charge in [-0.2, -0.15) is 0 Å². The molecule has 1 saturated carbocycles. The van der Waals surface area contributed by atoms with Crippen molar-refractivity contribution in [2.75, 3.05) is 0 Å². The second-order valence-electron chi connectivity index (χ2n) is 1.94. The summed E-state index contributed by atoms with van der Waals surface area (Å²) in [7, 11) is -2.17.